The smallest absolute Gasteiger partial charge is 0.227 e. The van der Waals surface area contributed by atoms with Crippen LogP contribution in [0.2, 0.25) is 0 Å². The lowest BCUT2D eigenvalue weighted by Crippen LogP contribution is -2.52. The van der Waals surface area contributed by atoms with E-state index in [0.717, 1.165) is 19.4 Å². The summed E-state index contributed by atoms with van der Waals surface area (Å²) >= 11 is 0. The first-order chi connectivity index (χ1) is 7.99. The molecule has 0 aromatic heterocycles. The number of carbonyl (C=O) groups is 1. The molecule has 2 N–H and O–H groups in total. The van der Waals surface area contributed by atoms with Crippen molar-refractivity contribution >= 4 is 5.91 Å². The van der Waals surface area contributed by atoms with Crippen LogP contribution in [0.15, 0.2) is 0 Å². The van der Waals surface area contributed by atoms with Gasteiger partial charge in [0, 0.05) is 19.1 Å². The van der Waals surface area contributed by atoms with Crippen LogP contribution in [0.1, 0.15) is 39.5 Å². The lowest BCUT2D eigenvalue weighted by atomic mass is 9.88. The quantitative estimate of drug-likeness (QED) is 0.711. The lowest BCUT2D eigenvalue weighted by Gasteiger charge is -2.39. The Bertz CT molecular complexity index is 281. The molecule has 2 heterocycles. The van der Waals surface area contributed by atoms with E-state index in [1.165, 1.54) is 0 Å². The third-order valence-electron chi connectivity index (χ3n) is 4.23. The predicted molar refractivity (Wildman–Crippen MR) is 66.6 cm³/mol. The van der Waals surface area contributed by atoms with E-state index < -0.39 is 5.60 Å². The summed E-state index contributed by atoms with van der Waals surface area (Å²) in [5, 5.41) is 13.3. The van der Waals surface area contributed by atoms with Gasteiger partial charge in [-0.15, -0.1) is 0 Å². The van der Waals surface area contributed by atoms with Crippen LogP contribution in [-0.4, -0.2) is 47.2 Å². The summed E-state index contributed by atoms with van der Waals surface area (Å²) in [6.07, 6.45) is 3.49. The van der Waals surface area contributed by atoms with Gasteiger partial charge < -0.3 is 15.3 Å². The minimum absolute atomic E-state index is 0.131. The monoisotopic (exact) mass is 240 g/mol. The topological polar surface area (TPSA) is 52.6 Å². The van der Waals surface area contributed by atoms with Gasteiger partial charge in [0.05, 0.1) is 11.5 Å². The number of likely N-dealkylation sites (tertiary alicyclic amines) is 1. The van der Waals surface area contributed by atoms with Crippen LogP contribution in [0.3, 0.4) is 0 Å². The number of carbonyl (C=O) groups excluding carboxylic acids is 1. The van der Waals surface area contributed by atoms with Crippen LogP contribution in [0, 0.1) is 5.92 Å². The van der Waals surface area contributed by atoms with E-state index in [2.05, 4.69) is 12.2 Å². The van der Waals surface area contributed by atoms with Crippen LogP contribution in [0.25, 0.3) is 0 Å². The van der Waals surface area contributed by atoms with E-state index >= 15 is 0 Å². The number of piperidine rings is 2. The molecule has 0 saturated carbocycles. The SMILES string of the molecule is CC1NCCCC1C(=O)N1CCC(C)(O)CC1. The third-order valence-corrected chi connectivity index (χ3v) is 4.23. The average Bonchev–Trinajstić information content (AvgIpc) is 2.29. The van der Waals surface area contributed by atoms with Gasteiger partial charge in [0.1, 0.15) is 0 Å². The molecule has 17 heavy (non-hydrogen) atoms. The maximum atomic E-state index is 12.4. The maximum Gasteiger partial charge on any atom is 0.227 e. The highest BCUT2D eigenvalue weighted by Gasteiger charge is 2.35. The van der Waals surface area contributed by atoms with Crippen molar-refractivity contribution < 1.29 is 9.90 Å². The van der Waals surface area contributed by atoms with Crippen molar-refractivity contribution in [2.24, 2.45) is 5.92 Å². The summed E-state index contributed by atoms with van der Waals surface area (Å²) < 4.78 is 0. The second kappa shape index (κ2) is 4.94. The first-order valence-electron chi connectivity index (χ1n) is 6.74. The molecule has 2 aliphatic rings. The fourth-order valence-corrected chi connectivity index (χ4v) is 2.82. The molecule has 2 saturated heterocycles. The molecular weight excluding hydrogens is 216 g/mol. The molecule has 2 rings (SSSR count). The first kappa shape index (κ1) is 12.8. The van der Waals surface area contributed by atoms with Crippen LogP contribution >= 0.6 is 0 Å². The number of hydrogen-bond acceptors (Lipinski definition) is 3. The summed E-state index contributed by atoms with van der Waals surface area (Å²) in [6, 6.07) is 0.290. The Morgan fingerprint density at radius 3 is 2.65 bits per heavy atom. The molecule has 2 atom stereocenters. The highest BCUT2D eigenvalue weighted by atomic mass is 16.3. The highest BCUT2D eigenvalue weighted by molar-refractivity contribution is 5.79. The van der Waals surface area contributed by atoms with Crippen molar-refractivity contribution in [1.29, 1.82) is 0 Å². The van der Waals surface area contributed by atoms with E-state index in [9.17, 15) is 9.90 Å². The Morgan fingerprint density at radius 1 is 1.41 bits per heavy atom. The van der Waals surface area contributed by atoms with Gasteiger partial charge in [-0.1, -0.05) is 0 Å². The van der Waals surface area contributed by atoms with Gasteiger partial charge in [-0.2, -0.15) is 0 Å². The summed E-state index contributed by atoms with van der Waals surface area (Å²) in [5.74, 6) is 0.409. The second-order valence-electron chi connectivity index (χ2n) is 5.81. The maximum absolute atomic E-state index is 12.4. The van der Waals surface area contributed by atoms with Gasteiger partial charge in [-0.25, -0.2) is 0 Å². The summed E-state index contributed by atoms with van der Waals surface area (Å²) in [7, 11) is 0. The Kier molecular flexibility index (Phi) is 3.73. The minimum Gasteiger partial charge on any atom is -0.390 e. The van der Waals surface area contributed by atoms with Gasteiger partial charge >= 0.3 is 0 Å². The highest BCUT2D eigenvalue weighted by Crippen LogP contribution is 2.25. The third kappa shape index (κ3) is 2.99. The predicted octanol–water partition coefficient (Wildman–Crippen LogP) is 0.748. The van der Waals surface area contributed by atoms with Crippen molar-refractivity contribution in [3.63, 3.8) is 0 Å². The van der Waals surface area contributed by atoms with Gasteiger partial charge in [0.25, 0.3) is 0 Å². The van der Waals surface area contributed by atoms with Gasteiger partial charge in [-0.3, -0.25) is 4.79 Å². The molecule has 2 fully saturated rings. The summed E-state index contributed by atoms with van der Waals surface area (Å²) in [4.78, 5) is 14.3. The van der Waals surface area contributed by atoms with Crippen LogP contribution in [0.5, 0.6) is 0 Å². The number of amides is 1. The molecule has 1 amide bonds. The Morgan fingerprint density at radius 2 is 2.06 bits per heavy atom. The largest absolute Gasteiger partial charge is 0.390 e. The Hall–Kier alpha value is -0.610. The van der Waals surface area contributed by atoms with Crippen molar-refractivity contribution in [3.8, 4) is 0 Å². The Balaban J connectivity index is 1.92. The summed E-state index contributed by atoms with van der Waals surface area (Å²) in [5.41, 5.74) is -0.576. The Labute approximate surface area is 103 Å². The zero-order valence-corrected chi connectivity index (χ0v) is 10.9. The standard InChI is InChI=1S/C13H24N2O2/c1-10-11(4-3-7-14-10)12(16)15-8-5-13(2,17)6-9-15/h10-11,14,17H,3-9H2,1-2H3. The molecule has 0 spiro atoms. The number of nitrogens with zero attached hydrogens (tertiary/aromatic N) is 1. The molecule has 0 aromatic carbocycles. The average molecular weight is 240 g/mol. The van der Waals surface area contributed by atoms with E-state index in [1.54, 1.807) is 0 Å². The fourth-order valence-electron chi connectivity index (χ4n) is 2.82. The molecule has 0 bridgehead atoms. The molecule has 4 heteroatoms. The fraction of sp³-hybridized carbons (Fsp3) is 0.923. The van der Waals surface area contributed by atoms with Crippen LogP contribution in [-0.2, 0) is 4.79 Å². The number of hydrogen-bond donors (Lipinski definition) is 2. The van der Waals surface area contributed by atoms with Gasteiger partial charge in [0.15, 0.2) is 0 Å². The molecule has 2 unspecified atom stereocenters. The molecular formula is C13H24N2O2. The molecule has 0 aromatic rings. The van der Waals surface area contributed by atoms with Crippen LogP contribution in [0.4, 0.5) is 0 Å². The van der Waals surface area contributed by atoms with Crippen molar-refractivity contribution in [2.45, 2.75) is 51.2 Å². The molecule has 2 aliphatic heterocycles. The number of rotatable bonds is 1. The summed E-state index contributed by atoms with van der Waals surface area (Å²) in [6.45, 7) is 6.39. The van der Waals surface area contributed by atoms with Crippen molar-refractivity contribution in [2.75, 3.05) is 19.6 Å². The molecule has 0 aliphatic carbocycles. The van der Waals surface area contributed by atoms with Gasteiger partial charge in [0.2, 0.25) is 5.91 Å². The van der Waals surface area contributed by atoms with E-state index in [4.69, 9.17) is 0 Å². The minimum atomic E-state index is -0.576. The van der Waals surface area contributed by atoms with Crippen LogP contribution < -0.4 is 5.32 Å². The molecule has 0 radical (unpaired) electrons. The zero-order valence-electron chi connectivity index (χ0n) is 10.9. The molecule has 98 valence electrons. The zero-order chi connectivity index (χ0) is 12.5. The first-order valence-corrected chi connectivity index (χ1v) is 6.74. The number of nitrogens with one attached hydrogen (secondary N) is 1. The second-order valence-corrected chi connectivity index (χ2v) is 5.81. The normalized spacial score (nSPS) is 33.5. The van der Waals surface area contributed by atoms with Crippen molar-refractivity contribution in [1.82, 2.24) is 10.2 Å². The van der Waals surface area contributed by atoms with Crippen molar-refractivity contribution in [3.05, 3.63) is 0 Å². The van der Waals surface area contributed by atoms with E-state index in [0.29, 0.717) is 32.0 Å². The van der Waals surface area contributed by atoms with Gasteiger partial charge in [-0.05, 0) is 46.1 Å². The lowest BCUT2D eigenvalue weighted by molar-refractivity contribution is -0.141. The van der Waals surface area contributed by atoms with E-state index in [1.807, 2.05) is 11.8 Å². The van der Waals surface area contributed by atoms with E-state index in [-0.39, 0.29) is 11.8 Å². The molecule has 4 nitrogen and oxygen atoms in total. The number of aliphatic hydroxyl groups is 1.